The SMILES string of the molecule is CC1CCCCN1S(=O)(=O)NCC1(CO)CCCC1. The van der Waals surface area contributed by atoms with Crippen molar-refractivity contribution in [1.82, 2.24) is 9.03 Å². The molecule has 2 rings (SSSR count). The molecule has 112 valence electrons. The fourth-order valence-electron chi connectivity index (χ4n) is 3.27. The van der Waals surface area contributed by atoms with Crippen molar-refractivity contribution < 1.29 is 13.5 Å². The van der Waals surface area contributed by atoms with Crippen LogP contribution in [-0.4, -0.2) is 43.6 Å². The van der Waals surface area contributed by atoms with Gasteiger partial charge in [0.05, 0.1) is 0 Å². The van der Waals surface area contributed by atoms with E-state index in [1.807, 2.05) is 6.92 Å². The van der Waals surface area contributed by atoms with Crippen LogP contribution in [0.1, 0.15) is 51.9 Å². The zero-order valence-electron chi connectivity index (χ0n) is 11.8. The first kappa shape index (κ1) is 15.2. The predicted octanol–water partition coefficient (Wildman–Crippen LogP) is 1.25. The van der Waals surface area contributed by atoms with Gasteiger partial charge in [-0.1, -0.05) is 19.3 Å². The van der Waals surface area contributed by atoms with Gasteiger partial charge in [0.2, 0.25) is 0 Å². The Morgan fingerprint density at radius 3 is 2.53 bits per heavy atom. The van der Waals surface area contributed by atoms with E-state index >= 15 is 0 Å². The second-order valence-corrected chi connectivity index (χ2v) is 7.85. The first-order valence-electron chi connectivity index (χ1n) is 7.36. The summed E-state index contributed by atoms with van der Waals surface area (Å²) in [4.78, 5) is 0. The van der Waals surface area contributed by atoms with Crippen molar-refractivity contribution in [1.29, 1.82) is 0 Å². The number of hydrogen-bond donors (Lipinski definition) is 2. The highest BCUT2D eigenvalue weighted by atomic mass is 32.2. The molecule has 19 heavy (non-hydrogen) atoms. The van der Waals surface area contributed by atoms with E-state index in [4.69, 9.17) is 0 Å². The summed E-state index contributed by atoms with van der Waals surface area (Å²) in [6.07, 6.45) is 6.99. The van der Waals surface area contributed by atoms with Crippen LogP contribution in [-0.2, 0) is 10.2 Å². The number of aliphatic hydroxyl groups excluding tert-OH is 1. The van der Waals surface area contributed by atoms with Crippen molar-refractivity contribution in [3.63, 3.8) is 0 Å². The van der Waals surface area contributed by atoms with Crippen LogP contribution in [0.15, 0.2) is 0 Å². The molecule has 0 aromatic carbocycles. The van der Waals surface area contributed by atoms with Crippen molar-refractivity contribution in [2.24, 2.45) is 5.41 Å². The van der Waals surface area contributed by atoms with Gasteiger partial charge in [0.25, 0.3) is 10.2 Å². The lowest BCUT2D eigenvalue weighted by molar-refractivity contribution is 0.133. The third-order valence-electron chi connectivity index (χ3n) is 4.68. The van der Waals surface area contributed by atoms with Crippen LogP contribution < -0.4 is 4.72 Å². The molecule has 0 radical (unpaired) electrons. The molecule has 2 aliphatic rings. The monoisotopic (exact) mass is 290 g/mol. The molecule has 2 fully saturated rings. The van der Waals surface area contributed by atoms with Gasteiger partial charge in [0, 0.05) is 31.2 Å². The van der Waals surface area contributed by atoms with Crippen LogP contribution in [0.4, 0.5) is 0 Å². The normalized spacial score (nSPS) is 28.6. The summed E-state index contributed by atoms with van der Waals surface area (Å²) >= 11 is 0. The molecule has 1 unspecified atom stereocenters. The maximum Gasteiger partial charge on any atom is 0.279 e. The molecular formula is C13H26N2O3S. The number of nitrogens with one attached hydrogen (secondary N) is 1. The molecule has 6 heteroatoms. The summed E-state index contributed by atoms with van der Waals surface area (Å²) in [5, 5.41) is 9.53. The molecule has 2 N–H and O–H groups in total. The van der Waals surface area contributed by atoms with Gasteiger partial charge < -0.3 is 5.11 Å². The van der Waals surface area contributed by atoms with E-state index in [-0.39, 0.29) is 18.1 Å². The first-order valence-corrected chi connectivity index (χ1v) is 8.80. The quantitative estimate of drug-likeness (QED) is 0.800. The molecule has 1 saturated heterocycles. The molecule has 5 nitrogen and oxygen atoms in total. The lowest BCUT2D eigenvalue weighted by Gasteiger charge is -2.34. The van der Waals surface area contributed by atoms with Crippen LogP contribution in [0, 0.1) is 5.41 Å². The largest absolute Gasteiger partial charge is 0.396 e. The molecule has 0 amide bonds. The van der Waals surface area contributed by atoms with Gasteiger partial charge in [-0.25, -0.2) is 4.72 Å². The lowest BCUT2D eigenvalue weighted by Crippen LogP contribution is -2.50. The Labute approximate surface area is 116 Å². The van der Waals surface area contributed by atoms with Crippen molar-refractivity contribution in [3.8, 4) is 0 Å². The highest BCUT2D eigenvalue weighted by Crippen LogP contribution is 2.37. The number of piperidine rings is 1. The molecule has 1 heterocycles. The molecule has 1 aliphatic heterocycles. The summed E-state index contributed by atoms with van der Waals surface area (Å²) < 4.78 is 29.0. The van der Waals surface area contributed by atoms with E-state index < -0.39 is 10.2 Å². The van der Waals surface area contributed by atoms with E-state index in [2.05, 4.69) is 4.72 Å². The van der Waals surface area contributed by atoms with Crippen LogP contribution in [0.2, 0.25) is 0 Å². The van der Waals surface area contributed by atoms with Gasteiger partial charge in [0.1, 0.15) is 0 Å². The second kappa shape index (κ2) is 6.08. The van der Waals surface area contributed by atoms with Crippen molar-refractivity contribution in [2.45, 2.75) is 57.9 Å². The van der Waals surface area contributed by atoms with Crippen LogP contribution >= 0.6 is 0 Å². The molecule has 0 spiro atoms. The molecular weight excluding hydrogens is 264 g/mol. The Balaban J connectivity index is 1.97. The minimum Gasteiger partial charge on any atom is -0.396 e. The minimum absolute atomic E-state index is 0.0745. The molecule has 0 bridgehead atoms. The van der Waals surface area contributed by atoms with E-state index in [9.17, 15) is 13.5 Å². The Kier molecular flexibility index (Phi) is 4.87. The van der Waals surface area contributed by atoms with Crippen LogP contribution in [0.5, 0.6) is 0 Å². The van der Waals surface area contributed by atoms with Crippen molar-refractivity contribution in [2.75, 3.05) is 19.7 Å². The van der Waals surface area contributed by atoms with Crippen LogP contribution in [0.3, 0.4) is 0 Å². The smallest absolute Gasteiger partial charge is 0.279 e. The van der Waals surface area contributed by atoms with Gasteiger partial charge in [-0.2, -0.15) is 12.7 Å². The minimum atomic E-state index is -3.40. The van der Waals surface area contributed by atoms with E-state index in [1.165, 1.54) is 0 Å². The Morgan fingerprint density at radius 1 is 1.26 bits per heavy atom. The van der Waals surface area contributed by atoms with Gasteiger partial charge in [-0.05, 0) is 32.6 Å². The predicted molar refractivity (Wildman–Crippen MR) is 74.9 cm³/mol. The zero-order valence-corrected chi connectivity index (χ0v) is 12.6. The molecule has 1 atom stereocenters. The summed E-state index contributed by atoms with van der Waals surface area (Å²) in [6, 6.07) is 0.0832. The maximum atomic E-state index is 12.3. The summed E-state index contributed by atoms with van der Waals surface area (Å²) in [5.41, 5.74) is -0.230. The fraction of sp³-hybridized carbons (Fsp3) is 1.00. The highest BCUT2D eigenvalue weighted by Gasteiger charge is 2.36. The second-order valence-electron chi connectivity index (χ2n) is 6.15. The Morgan fingerprint density at radius 2 is 1.95 bits per heavy atom. The fourth-order valence-corrected chi connectivity index (χ4v) is 4.87. The van der Waals surface area contributed by atoms with Gasteiger partial charge in [0.15, 0.2) is 0 Å². The van der Waals surface area contributed by atoms with Crippen molar-refractivity contribution in [3.05, 3.63) is 0 Å². The average molecular weight is 290 g/mol. The Bertz CT molecular complexity index is 391. The molecule has 0 aromatic rings. The topological polar surface area (TPSA) is 69.6 Å². The molecule has 1 aliphatic carbocycles. The standard InChI is InChI=1S/C13H26N2O3S/c1-12-6-2-5-9-15(12)19(17,18)14-10-13(11-16)7-3-4-8-13/h12,14,16H,2-11H2,1H3. The Hall–Kier alpha value is -0.170. The highest BCUT2D eigenvalue weighted by molar-refractivity contribution is 7.87. The third kappa shape index (κ3) is 3.48. The summed E-state index contributed by atoms with van der Waals surface area (Å²) in [5.74, 6) is 0. The van der Waals surface area contributed by atoms with Crippen LogP contribution in [0.25, 0.3) is 0 Å². The number of hydrogen-bond acceptors (Lipinski definition) is 3. The third-order valence-corrected chi connectivity index (χ3v) is 6.35. The number of nitrogens with zero attached hydrogens (tertiary/aromatic N) is 1. The first-order chi connectivity index (χ1) is 8.99. The number of rotatable bonds is 5. The van der Waals surface area contributed by atoms with Gasteiger partial charge >= 0.3 is 0 Å². The molecule has 0 aromatic heterocycles. The summed E-state index contributed by atoms with van der Waals surface area (Å²) in [7, 11) is -3.40. The number of aliphatic hydroxyl groups is 1. The van der Waals surface area contributed by atoms with E-state index in [0.717, 1.165) is 44.9 Å². The lowest BCUT2D eigenvalue weighted by atomic mass is 9.88. The van der Waals surface area contributed by atoms with Gasteiger partial charge in [-0.15, -0.1) is 0 Å². The van der Waals surface area contributed by atoms with E-state index in [0.29, 0.717) is 13.1 Å². The van der Waals surface area contributed by atoms with Gasteiger partial charge in [-0.3, -0.25) is 0 Å². The maximum absolute atomic E-state index is 12.3. The molecule has 1 saturated carbocycles. The van der Waals surface area contributed by atoms with E-state index in [1.54, 1.807) is 4.31 Å². The summed E-state index contributed by atoms with van der Waals surface area (Å²) in [6.45, 7) is 3.03. The average Bonchev–Trinajstić information content (AvgIpc) is 2.86. The van der Waals surface area contributed by atoms with Crippen molar-refractivity contribution >= 4 is 10.2 Å². The zero-order chi connectivity index (χ0) is 13.9.